The highest BCUT2D eigenvalue weighted by Gasteiger charge is 2.34. The molecular weight excluding hydrogens is 577 g/mol. The van der Waals surface area contributed by atoms with Gasteiger partial charge >= 0.3 is 12.1 Å². The topological polar surface area (TPSA) is 124 Å². The van der Waals surface area contributed by atoms with E-state index in [2.05, 4.69) is 20.6 Å². The van der Waals surface area contributed by atoms with Crippen LogP contribution in [0.1, 0.15) is 32.6 Å². The summed E-state index contributed by atoms with van der Waals surface area (Å²) in [5.41, 5.74) is 1.97. The molecule has 43 heavy (non-hydrogen) atoms. The number of fused-ring (bicyclic) bond motifs is 1. The first-order chi connectivity index (χ1) is 20.6. The lowest BCUT2D eigenvalue weighted by Gasteiger charge is -2.39. The largest absolute Gasteiger partial charge is 0.453 e. The fourth-order valence-electron chi connectivity index (χ4n) is 4.54. The first-order valence-corrected chi connectivity index (χ1v) is 14.5. The van der Waals surface area contributed by atoms with Gasteiger partial charge in [-0.25, -0.2) is 14.0 Å². The van der Waals surface area contributed by atoms with Crippen LogP contribution in [0, 0.1) is 5.82 Å². The molecule has 0 aliphatic carbocycles. The predicted octanol–water partition coefficient (Wildman–Crippen LogP) is 6.08. The Morgan fingerprint density at radius 3 is 2.53 bits per heavy atom. The third kappa shape index (κ3) is 6.69. The van der Waals surface area contributed by atoms with Gasteiger partial charge < -0.3 is 34.5 Å². The molecule has 2 aliphatic rings. The maximum atomic E-state index is 15.0. The van der Waals surface area contributed by atoms with Crippen LogP contribution in [-0.4, -0.2) is 64.9 Å². The van der Waals surface area contributed by atoms with Crippen molar-refractivity contribution < 1.29 is 32.9 Å². The Hall–Kier alpha value is -4.33. The summed E-state index contributed by atoms with van der Waals surface area (Å²) >= 11 is 1.44. The number of rotatable bonds is 6. The van der Waals surface area contributed by atoms with E-state index >= 15 is 4.39 Å². The number of amides is 3. The van der Waals surface area contributed by atoms with E-state index in [1.54, 1.807) is 45.3 Å². The molecule has 2 saturated heterocycles. The first kappa shape index (κ1) is 28.8. The van der Waals surface area contributed by atoms with Crippen LogP contribution >= 0.6 is 11.3 Å². The maximum Gasteiger partial charge on any atom is 0.410 e. The van der Waals surface area contributed by atoms with E-state index in [0.29, 0.717) is 37.6 Å². The molecule has 5 heterocycles. The van der Waals surface area contributed by atoms with Crippen molar-refractivity contribution in [2.24, 2.45) is 0 Å². The van der Waals surface area contributed by atoms with Crippen LogP contribution in [-0.2, 0) is 14.2 Å². The number of nitrogens with one attached hydrogen (secondary N) is 2. The summed E-state index contributed by atoms with van der Waals surface area (Å²) < 4.78 is 38.1. The number of carbonyl (C=O) groups is 2. The van der Waals surface area contributed by atoms with Gasteiger partial charge in [0.05, 0.1) is 40.0 Å². The molecule has 0 saturated carbocycles. The van der Waals surface area contributed by atoms with E-state index in [1.807, 2.05) is 18.2 Å². The Balaban J connectivity index is 1.07. The zero-order valence-electron chi connectivity index (χ0n) is 23.8. The monoisotopic (exact) mass is 607 g/mol. The van der Waals surface area contributed by atoms with Crippen molar-refractivity contribution in [3.05, 3.63) is 66.2 Å². The third-order valence-electron chi connectivity index (χ3n) is 6.59. The zero-order valence-corrected chi connectivity index (χ0v) is 24.6. The molecular formula is C30H30FN5O6S. The van der Waals surface area contributed by atoms with Gasteiger partial charge in [-0.05, 0) is 45.0 Å². The molecule has 0 unspecified atom stereocenters. The number of urea groups is 1. The van der Waals surface area contributed by atoms with Crippen LogP contribution < -0.4 is 15.4 Å². The molecule has 224 valence electrons. The molecule has 1 aromatic carbocycles. The quantitative estimate of drug-likeness (QED) is 0.271. The van der Waals surface area contributed by atoms with Gasteiger partial charge in [0.2, 0.25) is 0 Å². The lowest BCUT2D eigenvalue weighted by molar-refractivity contribution is -0.0443. The number of nitrogens with zero attached hydrogens (tertiary/aromatic N) is 3. The number of anilines is 1. The summed E-state index contributed by atoms with van der Waals surface area (Å²) in [6.07, 6.45) is 2.51. The molecule has 0 radical (unpaired) electrons. The average Bonchev–Trinajstić information content (AvgIpc) is 3.62. The number of thiophene rings is 1. The summed E-state index contributed by atoms with van der Waals surface area (Å²) in [6.45, 7) is 7.16. The van der Waals surface area contributed by atoms with Crippen molar-refractivity contribution >= 4 is 39.4 Å². The number of ether oxygens (including phenoxy) is 4. The van der Waals surface area contributed by atoms with Crippen LogP contribution in [0.5, 0.6) is 11.5 Å². The molecule has 0 bridgehead atoms. The van der Waals surface area contributed by atoms with Crippen LogP contribution in [0.25, 0.3) is 20.8 Å². The highest BCUT2D eigenvalue weighted by atomic mass is 32.1. The van der Waals surface area contributed by atoms with E-state index in [4.69, 9.17) is 18.9 Å². The molecule has 2 aliphatic heterocycles. The third-order valence-corrected chi connectivity index (χ3v) is 7.75. The Labute approximate surface area is 250 Å². The van der Waals surface area contributed by atoms with Crippen molar-refractivity contribution in [3.63, 3.8) is 0 Å². The number of aromatic nitrogens is 2. The number of halogens is 1. The molecule has 2 N–H and O–H groups in total. The Morgan fingerprint density at radius 1 is 1.05 bits per heavy atom. The first-order valence-electron chi connectivity index (χ1n) is 13.7. The molecule has 3 amide bonds. The van der Waals surface area contributed by atoms with Crippen molar-refractivity contribution in [2.75, 3.05) is 31.6 Å². The van der Waals surface area contributed by atoms with Gasteiger partial charge in [0.1, 0.15) is 11.4 Å². The standard InChI is InChI=1S/C30H30FN5O6S/c1-30(2,3)42-29(38)36-15-19(16-36)35-28(37)34-18-5-7-23(20(31)12-18)41-24-8-9-32-22-13-25(43-26(22)24)21-6-4-17(14-33-21)27-39-10-11-40-27/h4-9,12-14,19,27H,10-11,15-16H2,1-3H3,(H2,34,35,37). The highest BCUT2D eigenvalue weighted by molar-refractivity contribution is 7.22. The molecule has 11 nitrogen and oxygen atoms in total. The summed E-state index contributed by atoms with van der Waals surface area (Å²) in [6, 6.07) is 10.9. The predicted molar refractivity (Wildman–Crippen MR) is 158 cm³/mol. The SMILES string of the molecule is CC(C)(C)OC(=O)N1CC(NC(=O)Nc2ccc(Oc3ccnc4cc(-c5ccc(C6OCCO6)cn5)sc34)c(F)c2)C1. The fraction of sp³-hybridized carbons (Fsp3) is 0.333. The minimum Gasteiger partial charge on any atom is -0.453 e. The van der Waals surface area contributed by atoms with Crippen molar-refractivity contribution in [3.8, 4) is 22.1 Å². The van der Waals surface area contributed by atoms with E-state index in [0.717, 1.165) is 20.8 Å². The summed E-state index contributed by atoms with van der Waals surface area (Å²) in [4.78, 5) is 35.9. The number of hydrogen-bond acceptors (Lipinski definition) is 9. The molecule has 6 rings (SSSR count). The van der Waals surface area contributed by atoms with Crippen molar-refractivity contribution in [1.29, 1.82) is 0 Å². The zero-order chi connectivity index (χ0) is 30.1. The van der Waals surface area contributed by atoms with Gasteiger partial charge in [-0.15, -0.1) is 11.3 Å². The van der Waals surface area contributed by atoms with Crippen molar-refractivity contribution in [1.82, 2.24) is 20.2 Å². The molecule has 4 aromatic rings. The fourth-order valence-corrected chi connectivity index (χ4v) is 5.58. The number of carbonyl (C=O) groups excluding carboxylic acids is 2. The van der Waals surface area contributed by atoms with Gasteiger partial charge in [-0.2, -0.15) is 0 Å². The van der Waals surface area contributed by atoms with E-state index in [1.165, 1.54) is 28.4 Å². The second kappa shape index (κ2) is 11.7. The van der Waals surface area contributed by atoms with Gasteiger partial charge in [-0.3, -0.25) is 9.97 Å². The second-order valence-corrected chi connectivity index (χ2v) is 12.2. The van der Waals surface area contributed by atoms with Crippen LogP contribution in [0.2, 0.25) is 0 Å². The number of hydrogen-bond donors (Lipinski definition) is 2. The molecule has 3 aromatic heterocycles. The van der Waals surface area contributed by atoms with Gasteiger partial charge in [0.25, 0.3) is 0 Å². The van der Waals surface area contributed by atoms with E-state index in [9.17, 15) is 9.59 Å². The Kier molecular flexibility index (Phi) is 7.86. The lowest BCUT2D eigenvalue weighted by Crippen LogP contribution is -2.62. The number of pyridine rings is 2. The minimum atomic E-state index is -0.645. The van der Waals surface area contributed by atoms with Crippen LogP contribution in [0.3, 0.4) is 0 Å². The van der Waals surface area contributed by atoms with Crippen LogP contribution in [0.15, 0.2) is 54.9 Å². The van der Waals surface area contributed by atoms with Crippen molar-refractivity contribution in [2.45, 2.75) is 38.7 Å². The minimum absolute atomic E-state index is 0.000514. The number of benzene rings is 1. The molecule has 13 heteroatoms. The van der Waals surface area contributed by atoms with Crippen LogP contribution in [0.4, 0.5) is 19.7 Å². The maximum absolute atomic E-state index is 15.0. The lowest BCUT2D eigenvalue weighted by atomic mass is 10.1. The Bertz CT molecular complexity index is 1650. The summed E-state index contributed by atoms with van der Waals surface area (Å²) in [7, 11) is 0. The normalized spacial score (nSPS) is 15.8. The van der Waals surface area contributed by atoms with Gasteiger partial charge in [0, 0.05) is 48.9 Å². The Morgan fingerprint density at radius 2 is 1.84 bits per heavy atom. The van der Waals surface area contributed by atoms with Gasteiger partial charge in [0.15, 0.2) is 17.9 Å². The second-order valence-electron chi connectivity index (χ2n) is 11.1. The smallest absolute Gasteiger partial charge is 0.410 e. The summed E-state index contributed by atoms with van der Waals surface area (Å²) in [5.74, 6) is -0.199. The average molecular weight is 608 g/mol. The molecule has 0 atom stereocenters. The summed E-state index contributed by atoms with van der Waals surface area (Å²) in [5, 5.41) is 5.38. The number of likely N-dealkylation sites (tertiary alicyclic amines) is 1. The van der Waals surface area contributed by atoms with E-state index < -0.39 is 29.8 Å². The molecule has 0 spiro atoms. The van der Waals surface area contributed by atoms with Gasteiger partial charge in [-0.1, -0.05) is 6.07 Å². The molecule has 2 fully saturated rings. The van der Waals surface area contributed by atoms with E-state index in [-0.39, 0.29) is 17.5 Å². The highest BCUT2D eigenvalue weighted by Crippen LogP contribution is 2.39.